The number of fused-ring (bicyclic) bond motifs is 1. The molecule has 0 amide bonds. The van der Waals surface area contributed by atoms with Gasteiger partial charge in [0.25, 0.3) is 0 Å². The van der Waals surface area contributed by atoms with E-state index < -0.39 is 0 Å². The summed E-state index contributed by atoms with van der Waals surface area (Å²) in [5.41, 5.74) is 1.36. The average molecular weight is 287 g/mol. The molecule has 0 radical (unpaired) electrons. The Morgan fingerprint density at radius 2 is 2.24 bits per heavy atom. The highest BCUT2D eigenvalue weighted by molar-refractivity contribution is 5.16. The van der Waals surface area contributed by atoms with Crippen LogP contribution in [0.25, 0.3) is 0 Å². The lowest BCUT2D eigenvalue weighted by atomic mass is 10.1. The number of hydrogen-bond acceptors (Lipinski definition) is 3. The third kappa shape index (κ3) is 3.02. The van der Waals surface area contributed by atoms with Crippen LogP contribution >= 0.6 is 0 Å². The van der Waals surface area contributed by atoms with Gasteiger partial charge in [0.15, 0.2) is 5.82 Å². The second kappa shape index (κ2) is 6.43. The summed E-state index contributed by atoms with van der Waals surface area (Å²) < 4.78 is 4.52. The van der Waals surface area contributed by atoms with Gasteiger partial charge in [-0.25, -0.2) is 0 Å². The predicted molar refractivity (Wildman–Crippen MR) is 83.2 cm³/mol. The molecule has 3 rings (SSSR count). The lowest BCUT2D eigenvalue weighted by Gasteiger charge is -2.15. The second-order valence-electron chi connectivity index (χ2n) is 5.89. The maximum Gasteiger partial charge on any atom is 0.152 e. The van der Waals surface area contributed by atoms with E-state index in [1.807, 2.05) is 7.05 Å². The topological polar surface area (TPSA) is 47.7 Å². The van der Waals surface area contributed by atoms with E-state index in [0.29, 0.717) is 6.04 Å². The number of rotatable bonds is 6. The highest BCUT2D eigenvalue weighted by atomic mass is 15.3. The Morgan fingerprint density at radius 1 is 1.33 bits per heavy atom. The molecule has 5 nitrogen and oxygen atoms in total. The zero-order chi connectivity index (χ0) is 14.7. The van der Waals surface area contributed by atoms with E-state index in [1.165, 1.54) is 31.2 Å². The van der Waals surface area contributed by atoms with E-state index >= 15 is 0 Å². The molecule has 1 unspecified atom stereocenters. The van der Waals surface area contributed by atoms with Crippen LogP contribution in [0.2, 0.25) is 0 Å². The van der Waals surface area contributed by atoms with E-state index in [-0.39, 0.29) is 0 Å². The van der Waals surface area contributed by atoms with E-state index in [4.69, 9.17) is 0 Å². The van der Waals surface area contributed by atoms with Gasteiger partial charge in [0.05, 0.1) is 6.54 Å². The Morgan fingerprint density at radius 3 is 3.05 bits per heavy atom. The molecule has 0 bridgehead atoms. The van der Waals surface area contributed by atoms with Crippen molar-refractivity contribution in [3.63, 3.8) is 0 Å². The number of hydrogen-bond donors (Lipinski definition) is 1. The first-order chi connectivity index (χ1) is 10.3. The fourth-order valence-corrected chi connectivity index (χ4v) is 3.18. The van der Waals surface area contributed by atoms with Crippen molar-refractivity contribution in [3.8, 4) is 0 Å². The maximum absolute atomic E-state index is 4.38. The first kappa shape index (κ1) is 14.3. The van der Waals surface area contributed by atoms with Gasteiger partial charge < -0.3 is 14.5 Å². The van der Waals surface area contributed by atoms with Crippen molar-refractivity contribution in [1.29, 1.82) is 0 Å². The molecule has 21 heavy (non-hydrogen) atoms. The first-order valence-electron chi connectivity index (χ1n) is 8.05. The third-order valence-electron chi connectivity index (χ3n) is 4.36. The number of nitrogens with one attached hydrogen (secondary N) is 1. The molecular weight excluding hydrogens is 262 g/mol. The lowest BCUT2D eigenvalue weighted by molar-refractivity contribution is 0.501. The molecular formula is C16H25N5. The molecule has 0 fully saturated rings. The number of nitrogens with zero attached hydrogens (tertiary/aromatic N) is 4. The van der Waals surface area contributed by atoms with E-state index in [9.17, 15) is 0 Å². The molecule has 1 aliphatic heterocycles. The van der Waals surface area contributed by atoms with Gasteiger partial charge in [0.2, 0.25) is 0 Å². The molecule has 114 valence electrons. The summed E-state index contributed by atoms with van der Waals surface area (Å²) in [6, 6.07) is 2.66. The first-order valence-corrected chi connectivity index (χ1v) is 8.05. The monoisotopic (exact) mass is 287 g/mol. The van der Waals surface area contributed by atoms with Crippen LogP contribution in [0.1, 0.15) is 55.9 Å². The van der Waals surface area contributed by atoms with Crippen molar-refractivity contribution in [2.24, 2.45) is 0 Å². The van der Waals surface area contributed by atoms with Crippen LogP contribution < -0.4 is 5.32 Å². The van der Waals surface area contributed by atoms with Gasteiger partial charge in [-0.15, -0.1) is 10.2 Å². The van der Waals surface area contributed by atoms with Gasteiger partial charge in [-0.05, 0) is 37.9 Å². The normalized spacial score (nSPS) is 15.9. The van der Waals surface area contributed by atoms with Gasteiger partial charge in [-0.3, -0.25) is 0 Å². The van der Waals surface area contributed by atoms with Gasteiger partial charge in [-0.2, -0.15) is 0 Å². The number of aryl methyl sites for hydroxylation is 1. The Balaban J connectivity index is 1.74. The molecule has 2 aromatic heterocycles. The average Bonchev–Trinajstić information content (AvgIpc) is 3.13. The largest absolute Gasteiger partial charge is 0.346 e. The van der Waals surface area contributed by atoms with Gasteiger partial charge in [0, 0.05) is 31.4 Å². The molecule has 1 aliphatic rings. The molecule has 0 aromatic carbocycles. The summed E-state index contributed by atoms with van der Waals surface area (Å²) >= 11 is 0. The van der Waals surface area contributed by atoms with Crippen molar-refractivity contribution >= 4 is 0 Å². The Bertz CT molecular complexity index is 583. The highest BCUT2D eigenvalue weighted by Gasteiger charge is 2.16. The molecule has 0 spiro atoms. The minimum Gasteiger partial charge on any atom is -0.346 e. The maximum atomic E-state index is 4.38. The quantitative estimate of drug-likeness (QED) is 0.888. The summed E-state index contributed by atoms with van der Waals surface area (Å²) in [4.78, 5) is 0. The van der Waals surface area contributed by atoms with Gasteiger partial charge in [0.1, 0.15) is 5.82 Å². The van der Waals surface area contributed by atoms with Crippen LogP contribution in [0.3, 0.4) is 0 Å². The Kier molecular flexibility index (Phi) is 4.39. The number of aromatic nitrogens is 4. The smallest absolute Gasteiger partial charge is 0.152 e. The molecule has 0 aliphatic carbocycles. The van der Waals surface area contributed by atoms with E-state index in [2.05, 4.69) is 50.0 Å². The minimum atomic E-state index is 0.448. The Hall–Kier alpha value is -1.62. The second-order valence-corrected chi connectivity index (χ2v) is 5.89. The Labute approximate surface area is 126 Å². The molecule has 0 saturated heterocycles. The summed E-state index contributed by atoms with van der Waals surface area (Å²) in [6.07, 6.45) is 10.3. The van der Waals surface area contributed by atoms with Crippen molar-refractivity contribution in [2.75, 3.05) is 7.05 Å². The van der Waals surface area contributed by atoms with Crippen molar-refractivity contribution < 1.29 is 0 Å². The molecule has 0 saturated carbocycles. The minimum absolute atomic E-state index is 0.448. The van der Waals surface area contributed by atoms with Crippen molar-refractivity contribution in [2.45, 2.75) is 58.2 Å². The zero-order valence-corrected chi connectivity index (χ0v) is 13.0. The molecule has 2 aromatic rings. The third-order valence-corrected chi connectivity index (χ3v) is 4.36. The highest BCUT2D eigenvalue weighted by Crippen LogP contribution is 2.20. The summed E-state index contributed by atoms with van der Waals surface area (Å²) in [7, 11) is 2.03. The fraction of sp³-hybridized carbons (Fsp3) is 0.625. The van der Waals surface area contributed by atoms with Crippen LogP contribution in [0.5, 0.6) is 0 Å². The predicted octanol–water partition coefficient (Wildman–Crippen LogP) is 2.52. The van der Waals surface area contributed by atoms with Crippen LogP contribution in [-0.4, -0.2) is 26.4 Å². The molecule has 1 atom stereocenters. The lowest BCUT2D eigenvalue weighted by Crippen LogP contribution is -2.16. The molecule has 3 heterocycles. The zero-order valence-electron chi connectivity index (χ0n) is 13.0. The SMILES string of the molecule is CCCC(NC)c1ccn(Cc2nnc3n2CCCC3)c1. The fourth-order valence-electron chi connectivity index (χ4n) is 3.18. The summed E-state index contributed by atoms with van der Waals surface area (Å²) in [5, 5.41) is 12.1. The van der Waals surface area contributed by atoms with Crippen molar-refractivity contribution in [1.82, 2.24) is 24.6 Å². The summed E-state index contributed by atoms with van der Waals surface area (Å²) in [6.45, 7) is 4.11. The van der Waals surface area contributed by atoms with E-state index in [0.717, 1.165) is 31.2 Å². The van der Waals surface area contributed by atoms with Crippen LogP contribution in [0.15, 0.2) is 18.5 Å². The van der Waals surface area contributed by atoms with Crippen LogP contribution in [-0.2, 0) is 19.5 Å². The van der Waals surface area contributed by atoms with E-state index in [1.54, 1.807) is 0 Å². The summed E-state index contributed by atoms with van der Waals surface area (Å²) in [5.74, 6) is 2.24. The van der Waals surface area contributed by atoms with Gasteiger partial charge in [-0.1, -0.05) is 13.3 Å². The van der Waals surface area contributed by atoms with Gasteiger partial charge >= 0.3 is 0 Å². The standard InChI is InChI=1S/C16H25N5/c1-3-6-14(17-2)13-8-10-20(11-13)12-16-19-18-15-7-4-5-9-21(15)16/h8,10-11,14,17H,3-7,9,12H2,1-2H3. The van der Waals surface area contributed by atoms with Crippen LogP contribution in [0.4, 0.5) is 0 Å². The van der Waals surface area contributed by atoms with Crippen molar-refractivity contribution in [3.05, 3.63) is 35.7 Å². The molecule has 5 heteroatoms. The van der Waals surface area contributed by atoms with Crippen LogP contribution in [0, 0.1) is 0 Å². The molecule has 1 N–H and O–H groups in total.